The molecule has 0 amide bonds. The third-order valence-corrected chi connectivity index (χ3v) is 4.80. The lowest BCUT2D eigenvalue weighted by molar-refractivity contribution is 0.0724. The van der Waals surface area contributed by atoms with E-state index in [1.807, 2.05) is 0 Å². The zero-order chi connectivity index (χ0) is 15.3. The van der Waals surface area contributed by atoms with E-state index >= 15 is 0 Å². The quantitative estimate of drug-likeness (QED) is 0.820. The standard InChI is InChI=1S/C13H20N2O5S/c1-18-12-3-4-13(19-2)11(9-12)10-14-21(16,17)15-5-7-20-8-6-15/h3-4,9,14H,5-8,10H2,1-2H3. The van der Waals surface area contributed by atoms with E-state index in [2.05, 4.69) is 4.72 Å². The summed E-state index contributed by atoms with van der Waals surface area (Å²) in [6.45, 7) is 1.71. The molecule has 1 heterocycles. The lowest BCUT2D eigenvalue weighted by atomic mass is 10.2. The Hall–Kier alpha value is -1.35. The van der Waals surface area contributed by atoms with Gasteiger partial charge >= 0.3 is 0 Å². The summed E-state index contributed by atoms with van der Waals surface area (Å²) in [5, 5.41) is 0. The molecular formula is C13H20N2O5S. The predicted octanol–water partition coefficient (Wildman–Crippen LogP) is 0.370. The first-order valence-corrected chi connectivity index (χ1v) is 8.04. The van der Waals surface area contributed by atoms with Gasteiger partial charge in [0, 0.05) is 25.2 Å². The van der Waals surface area contributed by atoms with Crippen molar-refractivity contribution < 1.29 is 22.6 Å². The van der Waals surface area contributed by atoms with E-state index < -0.39 is 10.2 Å². The van der Waals surface area contributed by atoms with E-state index in [1.54, 1.807) is 32.4 Å². The highest BCUT2D eigenvalue weighted by molar-refractivity contribution is 7.87. The lowest BCUT2D eigenvalue weighted by Gasteiger charge is -2.26. The normalized spacial score (nSPS) is 16.7. The molecule has 1 aromatic carbocycles. The summed E-state index contributed by atoms with van der Waals surface area (Å²) < 4.78 is 43.9. The number of nitrogens with zero attached hydrogens (tertiary/aromatic N) is 1. The summed E-state index contributed by atoms with van der Waals surface area (Å²) in [6.07, 6.45) is 0. The van der Waals surface area contributed by atoms with Crippen molar-refractivity contribution >= 4 is 10.2 Å². The second kappa shape index (κ2) is 7.08. The molecule has 1 N–H and O–H groups in total. The van der Waals surface area contributed by atoms with Crippen molar-refractivity contribution in [2.75, 3.05) is 40.5 Å². The summed E-state index contributed by atoms with van der Waals surface area (Å²) in [5.74, 6) is 1.26. The smallest absolute Gasteiger partial charge is 0.279 e. The maximum absolute atomic E-state index is 12.2. The fourth-order valence-corrected chi connectivity index (χ4v) is 3.22. The molecule has 2 rings (SSSR count). The minimum atomic E-state index is -3.52. The molecular weight excluding hydrogens is 296 g/mol. The van der Waals surface area contributed by atoms with Crippen LogP contribution in [-0.2, 0) is 21.5 Å². The Kier molecular flexibility index (Phi) is 5.40. The third-order valence-electron chi connectivity index (χ3n) is 3.24. The average Bonchev–Trinajstić information content (AvgIpc) is 2.53. The summed E-state index contributed by atoms with van der Waals surface area (Å²) in [7, 11) is -0.417. The lowest BCUT2D eigenvalue weighted by Crippen LogP contribution is -2.46. The van der Waals surface area contributed by atoms with Crippen molar-refractivity contribution in [1.82, 2.24) is 9.03 Å². The molecule has 0 aromatic heterocycles. The Morgan fingerprint density at radius 3 is 2.57 bits per heavy atom. The molecule has 0 aliphatic carbocycles. The Bertz CT molecular complexity index is 570. The average molecular weight is 316 g/mol. The summed E-state index contributed by atoms with van der Waals surface area (Å²) in [6, 6.07) is 5.26. The highest BCUT2D eigenvalue weighted by atomic mass is 32.2. The number of hydrogen-bond acceptors (Lipinski definition) is 5. The molecule has 0 unspecified atom stereocenters. The van der Waals surface area contributed by atoms with Gasteiger partial charge in [0.1, 0.15) is 11.5 Å². The molecule has 0 radical (unpaired) electrons. The Labute approximate surface area is 125 Å². The maximum Gasteiger partial charge on any atom is 0.279 e. The van der Waals surface area contributed by atoms with Crippen LogP contribution >= 0.6 is 0 Å². The largest absolute Gasteiger partial charge is 0.497 e. The van der Waals surface area contributed by atoms with Crippen LogP contribution in [0.1, 0.15) is 5.56 Å². The molecule has 8 heteroatoms. The number of hydrogen-bond donors (Lipinski definition) is 1. The van der Waals surface area contributed by atoms with Crippen molar-refractivity contribution in [2.24, 2.45) is 0 Å². The monoisotopic (exact) mass is 316 g/mol. The molecule has 0 saturated carbocycles. The third kappa shape index (κ3) is 4.07. The van der Waals surface area contributed by atoms with Crippen LogP contribution in [0.3, 0.4) is 0 Å². The Balaban J connectivity index is 2.07. The Morgan fingerprint density at radius 1 is 1.24 bits per heavy atom. The number of rotatable bonds is 6. The van der Waals surface area contributed by atoms with Gasteiger partial charge in [-0.15, -0.1) is 0 Å². The van der Waals surface area contributed by atoms with Gasteiger partial charge < -0.3 is 14.2 Å². The van der Waals surface area contributed by atoms with E-state index in [0.29, 0.717) is 43.4 Å². The van der Waals surface area contributed by atoms with Crippen LogP contribution in [0.25, 0.3) is 0 Å². The molecule has 0 bridgehead atoms. The second-order valence-electron chi connectivity index (χ2n) is 4.52. The van der Waals surface area contributed by atoms with Gasteiger partial charge in [0.15, 0.2) is 0 Å². The highest BCUT2D eigenvalue weighted by Crippen LogP contribution is 2.24. The van der Waals surface area contributed by atoms with Crippen molar-refractivity contribution in [3.05, 3.63) is 23.8 Å². The molecule has 0 spiro atoms. The fraction of sp³-hybridized carbons (Fsp3) is 0.538. The van der Waals surface area contributed by atoms with Crippen LogP contribution in [0.4, 0.5) is 0 Å². The SMILES string of the molecule is COc1ccc(OC)c(CNS(=O)(=O)N2CCOCC2)c1. The number of benzene rings is 1. The molecule has 7 nitrogen and oxygen atoms in total. The topological polar surface area (TPSA) is 77.1 Å². The highest BCUT2D eigenvalue weighted by Gasteiger charge is 2.24. The summed E-state index contributed by atoms with van der Waals surface area (Å²) in [4.78, 5) is 0. The van der Waals surface area contributed by atoms with Crippen LogP contribution < -0.4 is 14.2 Å². The first kappa shape index (κ1) is 16.0. The van der Waals surface area contributed by atoms with Crippen LogP contribution in [0.15, 0.2) is 18.2 Å². The molecule has 1 fully saturated rings. The van der Waals surface area contributed by atoms with E-state index in [-0.39, 0.29) is 6.54 Å². The van der Waals surface area contributed by atoms with Gasteiger partial charge in [0.05, 0.1) is 27.4 Å². The molecule has 1 saturated heterocycles. The van der Waals surface area contributed by atoms with Crippen LogP contribution in [0.5, 0.6) is 11.5 Å². The second-order valence-corrected chi connectivity index (χ2v) is 6.27. The van der Waals surface area contributed by atoms with Gasteiger partial charge in [-0.2, -0.15) is 17.4 Å². The number of ether oxygens (including phenoxy) is 3. The van der Waals surface area contributed by atoms with Gasteiger partial charge in [-0.05, 0) is 18.2 Å². The van der Waals surface area contributed by atoms with Crippen LogP contribution in [0, 0.1) is 0 Å². The van der Waals surface area contributed by atoms with Gasteiger partial charge in [-0.1, -0.05) is 0 Å². The van der Waals surface area contributed by atoms with E-state index in [9.17, 15) is 8.42 Å². The van der Waals surface area contributed by atoms with Gasteiger partial charge in [0.25, 0.3) is 10.2 Å². The summed E-state index contributed by atoms with van der Waals surface area (Å²) in [5.41, 5.74) is 0.716. The van der Waals surface area contributed by atoms with E-state index in [1.165, 1.54) is 4.31 Å². The van der Waals surface area contributed by atoms with Crippen LogP contribution in [0.2, 0.25) is 0 Å². The van der Waals surface area contributed by atoms with Crippen molar-refractivity contribution in [1.29, 1.82) is 0 Å². The zero-order valence-corrected chi connectivity index (χ0v) is 13.0. The number of nitrogens with one attached hydrogen (secondary N) is 1. The Morgan fingerprint density at radius 2 is 1.95 bits per heavy atom. The number of methoxy groups -OCH3 is 2. The molecule has 0 atom stereocenters. The fourth-order valence-electron chi connectivity index (χ4n) is 2.07. The van der Waals surface area contributed by atoms with Gasteiger partial charge in [0.2, 0.25) is 0 Å². The predicted molar refractivity (Wildman–Crippen MR) is 77.7 cm³/mol. The van der Waals surface area contributed by atoms with Gasteiger partial charge in [-0.3, -0.25) is 0 Å². The molecule has 1 aliphatic heterocycles. The minimum absolute atomic E-state index is 0.139. The van der Waals surface area contributed by atoms with Gasteiger partial charge in [-0.25, -0.2) is 0 Å². The van der Waals surface area contributed by atoms with E-state index in [4.69, 9.17) is 14.2 Å². The molecule has 118 valence electrons. The molecule has 21 heavy (non-hydrogen) atoms. The molecule has 1 aliphatic rings. The van der Waals surface area contributed by atoms with Crippen molar-refractivity contribution in [2.45, 2.75) is 6.54 Å². The number of morpholine rings is 1. The molecule has 1 aromatic rings. The zero-order valence-electron chi connectivity index (χ0n) is 12.2. The first-order valence-electron chi connectivity index (χ1n) is 6.60. The first-order chi connectivity index (χ1) is 10.1. The van der Waals surface area contributed by atoms with Crippen LogP contribution in [-0.4, -0.2) is 53.2 Å². The van der Waals surface area contributed by atoms with Crippen molar-refractivity contribution in [3.8, 4) is 11.5 Å². The summed E-state index contributed by atoms with van der Waals surface area (Å²) >= 11 is 0. The van der Waals surface area contributed by atoms with E-state index in [0.717, 1.165) is 0 Å². The minimum Gasteiger partial charge on any atom is -0.497 e. The van der Waals surface area contributed by atoms with Crippen molar-refractivity contribution in [3.63, 3.8) is 0 Å². The maximum atomic E-state index is 12.2.